The van der Waals surface area contributed by atoms with Crippen LogP contribution < -0.4 is 5.73 Å². The Labute approximate surface area is 130 Å². The minimum Gasteiger partial charge on any atom is -0.380 e. The van der Waals surface area contributed by atoms with Crippen molar-refractivity contribution in [2.45, 2.75) is 32.7 Å². The van der Waals surface area contributed by atoms with Gasteiger partial charge in [-0.2, -0.15) is 5.10 Å². The van der Waals surface area contributed by atoms with E-state index in [-0.39, 0.29) is 0 Å². The van der Waals surface area contributed by atoms with Crippen LogP contribution in [0, 0.1) is 19.3 Å². The standard InChI is InChI=1S/C17H21N3O2/c1-3-4-5-6-10-22-11-9-20-16-12-14(17(18)21)7-8-15(16)13(2)19-20/h1,7-8,12H,4-6,9-11H2,2H3,(H2,18,21). The molecule has 0 saturated carbocycles. The highest BCUT2D eigenvalue weighted by atomic mass is 16.5. The smallest absolute Gasteiger partial charge is 0.248 e. The monoisotopic (exact) mass is 299 g/mol. The van der Waals surface area contributed by atoms with Gasteiger partial charge in [-0.1, -0.05) is 6.07 Å². The van der Waals surface area contributed by atoms with E-state index in [1.165, 1.54) is 0 Å². The molecule has 0 atom stereocenters. The molecule has 22 heavy (non-hydrogen) atoms. The van der Waals surface area contributed by atoms with Gasteiger partial charge < -0.3 is 10.5 Å². The molecule has 0 bridgehead atoms. The normalized spacial score (nSPS) is 10.7. The van der Waals surface area contributed by atoms with Gasteiger partial charge in [-0.15, -0.1) is 12.3 Å². The molecule has 2 aromatic rings. The van der Waals surface area contributed by atoms with E-state index in [9.17, 15) is 4.79 Å². The van der Waals surface area contributed by atoms with Gasteiger partial charge in [0.25, 0.3) is 0 Å². The number of benzene rings is 1. The van der Waals surface area contributed by atoms with Crippen LogP contribution in [0.1, 0.15) is 35.3 Å². The van der Waals surface area contributed by atoms with Gasteiger partial charge in [-0.25, -0.2) is 0 Å². The molecule has 0 fully saturated rings. The second-order valence-electron chi connectivity index (χ2n) is 5.18. The number of hydrogen-bond donors (Lipinski definition) is 1. The summed E-state index contributed by atoms with van der Waals surface area (Å²) in [5.41, 5.74) is 7.66. The molecule has 0 unspecified atom stereocenters. The van der Waals surface area contributed by atoms with E-state index in [2.05, 4.69) is 11.0 Å². The van der Waals surface area contributed by atoms with E-state index < -0.39 is 5.91 Å². The fourth-order valence-corrected chi connectivity index (χ4v) is 2.35. The van der Waals surface area contributed by atoms with Crippen LogP contribution in [0.4, 0.5) is 0 Å². The lowest BCUT2D eigenvalue weighted by Gasteiger charge is -2.06. The number of hydrogen-bond acceptors (Lipinski definition) is 3. The van der Waals surface area contributed by atoms with E-state index in [1.807, 2.05) is 17.7 Å². The molecule has 0 aliphatic carbocycles. The Morgan fingerprint density at radius 2 is 2.23 bits per heavy atom. The summed E-state index contributed by atoms with van der Waals surface area (Å²) in [5.74, 6) is 2.18. The average molecular weight is 299 g/mol. The first-order chi connectivity index (χ1) is 10.6. The first-order valence-corrected chi connectivity index (χ1v) is 7.41. The Morgan fingerprint density at radius 1 is 1.41 bits per heavy atom. The van der Waals surface area contributed by atoms with E-state index >= 15 is 0 Å². The zero-order valence-corrected chi connectivity index (χ0v) is 12.8. The summed E-state index contributed by atoms with van der Waals surface area (Å²) in [6.45, 7) is 3.87. The van der Waals surface area contributed by atoms with Crippen LogP contribution in [0.25, 0.3) is 10.9 Å². The molecule has 116 valence electrons. The van der Waals surface area contributed by atoms with Gasteiger partial charge in [0, 0.05) is 24.0 Å². The number of aromatic nitrogens is 2. The zero-order chi connectivity index (χ0) is 15.9. The SMILES string of the molecule is C#CCCCCOCCn1nc(C)c2ccc(C(N)=O)cc21. The van der Waals surface area contributed by atoms with Crippen molar-refractivity contribution >= 4 is 16.8 Å². The lowest BCUT2D eigenvalue weighted by molar-refractivity contribution is 0.100. The van der Waals surface area contributed by atoms with Gasteiger partial charge in [0.05, 0.1) is 24.4 Å². The number of unbranched alkanes of at least 4 members (excludes halogenated alkanes) is 2. The van der Waals surface area contributed by atoms with Crippen molar-refractivity contribution in [3.8, 4) is 12.3 Å². The number of primary amides is 1. The fourth-order valence-electron chi connectivity index (χ4n) is 2.35. The summed E-state index contributed by atoms with van der Waals surface area (Å²) in [7, 11) is 0. The van der Waals surface area contributed by atoms with Crippen molar-refractivity contribution in [1.82, 2.24) is 9.78 Å². The lowest BCUT2D eigenvalue weighted by Crippen LogP contribution is -2.11. The third-order valence-corrected chi connectivity index (χ3v) is 3.53. The maximum Gasteiger partial charge on any atom is 0.248 e. The van der Waals surface area contributed by atoms with Gasteiger partial charge >= 0.3 is 0 Å². The first-order valence-electron chi connectivity index (χ1n) is 7.41. The maximum absolute atomic E-state index is 11.3. The number of nitrogens with zero attached hydrogens (tertiary/aromatic N) is 2. The molecule has 0 radical (unpaired) electrons. The van der Waals surface area contributed by atoms with Gasteiger partial charge in [0.2, 0.25) is 5.91 Å². The predicted molar refractivity (Wildman–Crippen MR) is 86.5 cm³/mol. The number of terminal acetylenes is 1. The molecule has 1 amide bonds. The van der Waals surface area contributed by atoms with Crippen LogP contribution in [-0.4, -0.2) is 28.9 Å². The molecule has 1 aromatic heterocycles. The highest BCUT2D eigenvalue weighted by Gasteiger charge is 2.10. The van der Waals surface area contributed by atoms with E-state index in [0.717, 1.165) is 35.9 Å². The molecule has 2 N–H and O–H groups in total. The fraction of sp³-hybridized carbons (Fsp3) is 0.412. The quantitative estimate of drug-likeness (QED) is 0.600. The van der Waals surface area contributed by atoms with Gasteiger partial charge in [-0.3, -0.25) is 9.48 Å². The minimum atomic E-state index is -0.433. The molecule has 1 aromatic carbocycles. The van der Waals surface area contributed by atoms with Crippen LogP contribution in [0.3, 0.4) is 0 Å². The summed E-state index contributed by atoms with van der Waals surface area (Å²) in [6.07, 6.45) is 7.95. The summed E-state index contributed by atoms with van der Waals surface area (Å²) in [6, 6.07) is 5.39. The minimum absolute atomic E-state index is 0.433. The first kappa shape index (κ1) is 16.1. The molecule has 0 spiro atoms. The van der Waals surface area contributed by atoms with Crippen LogP contribution in [0.2, 0.25) is 0 Å². The number of aryl methyl sites for hydroxylation is 1. The Bertz CT molecular complexity index is 698. The Kier molecular flexibility index (Phi) is 5.56. The number of carbonyl (C=O) groups excluding carboxylic acids is 1. The summed E-state index contributed by atoms with van der Waals surface area (Å²) in [5, 5.41) is 5.52. The van der Waals surface area contributed by atoms with Crippen molar-refractivity contribution in [2.75, 3.05) is 13.2 Å². The van der Waals surface area contributed by atoms with Gasteiger partial charge in [-0.05, 0) is 31.9 Å². The van der Waals surface area contributed by atoms with Crippen LogP contribution in [0.5, 0.6) is 0 Å². The number of ether oxygens (including phenoxy) is 1. The largest absolute Gasteiger partial charge is 0.380 e. The maximum atomic E-state index is 11.3. The summed E-state index contributed by atoms with van der Waals surface area (Å²) < 4.78 is 7.46. The number of rotatable bonds is 8. The Morgan fingerprint density at radius 3 is 2.95 bits per heavy atom. The van der Waals surface area contributed by atoms with E-state index in [0.29, 0.717) is 25.3 Å². The van der Waals surface area contributed by atoms with Crippen molar-refractivity contribution in [2.24, 2.45) is 5.73 Å². The third kappa shape index (κ3) is 3.86. The second kappa shape index (κ2) is 7.62. The molecule has 5 nitrogen and oxygen atoms in total. The second-order valence-corrected chi connectivity index (χ2v) is 5.18. The van der Waals surface area contributed by atoms with Crippen LogP contribution >= 0.6 is 0 Å². The summed E-state index contributed by atoms with van der Waals surface area (Å²) in [4.78, 5) is 11.3. The van der Waals surface area contributed by atoms with Crippen molar-refractivity contribution in [3.05, 3.63) is 29.5 Å². The molecule has 1 heterocycles. The average Bonchev–Trinajstić information content (AvgIpc) is 2.82. The van der Waals surface area contributed by atoms with Crippen molar-refractivity contribution in [1.29, 1.82) is 0 Å². The molecule has 0 aliphatic heterocycles. The summed E-state index contributed by atoms with van der Waals surface area (Å²) >= 11 is 0. The zero-order valence-electron chi connectivity index (χ0n) is 12.8. The molecular formula is C17H21N3O2. The van der Waals surface area contributed by atoms with Crippen molar-refractivity contribution in [3.63, 3.8) is 0 Å². The Hall–Kier alpha value is -2.32. The molecule has 0 saturated heterocycles. The van der Waals surface area contributed by atoms with Crippen LogP contribution in [-0.2, 0) is 11.3 Å². The number of fused-ring (bicyclic) bond motifs is 1. The Balaban J connectivity index is 1.97. The van der Waals surface area contributed by atoms with Crippen LogP contribution in [0.15, 0.2) is 18.2 Å². The molecule has 5 heteroatoms. The third-order valence-electron chi connectivity index (χ3n) is 3.53. The molecule has 2 rings (SSSR count). The predicted octanol–water partition coefficient (Wildman–Crippen LogP) is 2.26. The van der Waals surface area contributed by atoms with E-state index in [1.54, 1.807) is 12.1 Å². The number of carbonyl (C=O) groups is 1. The van der Waals surface area contributed by atoms with Gasteiger partial charge in [0.1, 0.15) is 0 Å². The molecule has 0 aliphatic rings. The van der Waals surface area contributed by atoms with E-state index in [4.69, 9.17) is 16.9 Å². The topological polar surface area (TPSA) is 70.1 Å². The van der Waals surface area contributed by atoms with Gasteiger partial charge in [0.15, 0.2) is 0 Å². The number of amides is 1. The van der Waals surface area contributed by atoms with Crippen molar-refractivity contribution < 1.29 is 9.53 Å². The number of nitrogens with two attached hydrogens (primary N) is 1. The molecular weight excluding hydrogens is 278 g/mol. The lowest BCUT2D eigenvalue weighted by atomic mass is 10.1. The highest BCUT2D eigenvalue weighted by Crippen LogP contribution is 2.19. The highest BCUT2D eigenvalue weighted by molar-refractivity contribution is 5.97.